The number of nitrogens with one attached hydrogen (secondary N) is 2. The summed E-state index contributed by atoms with van der Waals surface area (Å²) in [7, 11) is 0. The van der Waals surface area contributed by atoms with Gasteiger partial charge in [-0.05, 0) is 25.7 Å². The zero-order valence-corrected chi connectivity index (χ0v) is 14.3. The van der Waals surface area contributed by atoms with Crippen molar-refractivity contribution in [2.24, 2.45) is 0 Å². The maximum Gasteiger partial charge on any atom is 0.322 e. The van der Waals surface area contributed by atoms with Crippen LogP contribution < -0.4 is 10.6 Å². The molecule has 2 fully saturated rings. The summed E-state index contributed by atoms with van der Waals surface area (Å²) in [6.45, 7) is 2.99. The molecule has 2 aliphatic rings. The van der Waals surface area contributed by atoms with Gasteiger partial charge < -0.3 is 14.7 Å². The highest BCUT2D eigenvalue weighted by atomic mass is 16.5. The molecule has 2 N–H and O–H groups in total. The molecule has 1 spiro atoms. The second-order valence-corrected chi connectivity index (χ2v) is 6.58. The van der Waals surface area contributed by atoms with Crippen LogP contribution in [-0.4, -0.2) is 51.5 Å². The number of hydrogen-bond acceptors (Lipinski definition) is 6. The van der Waals surface area contributed by atoms with Gasteiger partial charge in [-0.15, -0.1) is 0 Å². The van der Waals surface area contributed by atoms with Crippen molar-refractivity contribution in [2.75, 3.05) is 13.1 Å². The molecule has 1 aromatic heterocycles. The van der Waals surface area contributed by atoms with Crippen LogP contribution in [0.4, 0.5) is 4.79 Å². The van der Waals surface area contributed by atoms with Gasteiger partial charge >= 0.3 is 6.03 Å². The summed E-state index contributed by atoms with van der Waals surface area (Å²) in [6.07, 6.45) is 4.27. The second-order valence-electron chi connectivity index (χ2n) is 6.58. The van der Waals surface area contributed by atoms with Crippen molar-refractivity contribution in [3.05, 3.63) is 11.7 Å². The molecule has 3 heterocycles. The molecule has 0 saturated carbocycles. The fourth-order valence-electron chi connectivity index (χ4n) is 3.28. The van der Waals surface area contributed by atoms with E-state index in [4.69, 9.17) is 4.52 Å². The first kappa shape index (κ1) is 17.4. The molecule has 9 nitrogen and oxygen atoms in total. The standard InChI is InChI=1S/C16H23N5O4/c1-2-4-11-17-12(25-20-11)5-3-6-13(22)21-9-7-16(8-10-21)14(23)18-15(24)19-16/h2-10H2,1H3,(H2,18,19,23,24). The highest BCUT2D eigenvalue weighted by Gasteiger charge is 2.48. The molecule has 0 unspecified atom stereocenters. The highest BCUT2D eigenvalue weighted by Crippen LogP contribution is 2.26. The number of carbonyl (C=O) groups is 3. The van der Waals surface area contributed by atoms with E-state index in [-0.39, 0.29) is 11.8 Å². The van der Waals surface area contributed by atoms with Gasteiger partial charge in [0.2, 0.25) is 11.8 Å². The first-order chi connectivity index (χ1) is 12.0. The van der Waals surface area contributed by atoms with E-state index in [0.717, 1.165) is 12.8 Å². The lowest BCUT2D eigenvalue weighted by molar-refractivity contribution is -0.135. The Morgan fingerprint density at radius 2 is 2.04 bits per heavy atom. The van der Waals surface area contributed by atoms with Gasteiger partial charge in [-0.1, -0.05) is 12.1 Å². The van der Waals surface area contributed by atoms with Crippen molar-refractivity contribution in [2.45, 2.75) is 57.4 Å². The van der Waals surface area contributed by atoms with Crippen molar-refractivity contribution >= 4 is 17.8 Å². The number of urea groups is 1. The van der Waals surface area contributed by atoms with E-state index in [1.807, 2.05) is 0 Å². The number of hydrogen-bond donors (Lipinski definition) is 2. The number of carbonyl (C=O) groups excluding carboxylic acids is 3. The predicted molar refractivity (Wildman–Crippen MR) is 86.5 cm³/mol. The lowest BCUT2D eigenvalue weighted by Gasteiger charge is -2.37. The van der Waals surface area contributed by atoms with E-state index in [2.05, 4.69) is 27.7 Å². The van der Waals surface area contributed by atoms with Gasteiger partial charge in [-0.2, -0.15) is 4.98 Å². The highest BCUT2D eigenvalue weighted by molar-refractivity contribution is 6.07. The third kappa shape index (κ3) is 3.80. The Morgan fingerprint density at radius 3 is 2.68 bits per heavy atom. The molecule has 0 radical (unpaired) electrons. The van der Waals surface area contributed by atoms with E-state index in [0.29, 0.717) is 56.9 Å². The molecule has 0 bridgehead atoms. The van der Waals surface area contributed by atoms with Gasteiger partial charge in [0, 0.05) is 32.4 Å². The van der Waals surface area contributed by atoms with Crippen LogP contribution in [0.15, 0.2) is 4.52 Å². The van der Waals surface area contributed by atoms with Crippen LogP contribution in [0.3, 0.4) is 0 Å². The summed E-state index contributed by atoms with van der Waals surface area (Å²) in [4.78, 5) is 41.6. The summed E-state index contributed by atoms with van der Waals surface area (Å²) in [5.74, 6) is 1.04. The molecule has 2 aliphatic heterocycles. The molecule has 136 valence electrons. The number of likely N-dealkylation sites (tertiary alicyclic amines) is 1. The van der Waals surface area contributed by atoms with Crippen molar-refractivity contribution in [3.8, 4) is 0 Å². The normalized spacial score (nSPS) is 19.2. The molecule has 0 aliphatic carbocycles. The van der Waals surface area contributed by atoms with Crippen LogP contribution in [0.5, 0.6) is 0 Å². The Balaban J connectivity index is 1.42. The maximum atomic E-state index is 12.3. The van der Waals surface area contributed by atoms with Gasteiger partial charge in [-0.3, -0.25) is 14.9 Å². The van der Waals surface area contributed by atoms with E-state index in [1.54, 1.807) is 4.90 Å². The molecule has 2 saturated heterocycles. The van der Waals surface area contributed by atoms with Crippen LogP contribution in [0.2, 0.25) is 0 Å². The third-order valence-electron chi connectivity index (χ3n) is 4.75. The fraction of sp³-hybridized carbons (Fsp3) is 0.688. The van der Waals surface area contributed by atoms with Crippen molar-refractivity contribution < 1.29 is 18.9 Å². The quantitative estimate of drug-likeness (QED) is 0.724. The van der Waals surface area contributed by atoms with E-state index in [9.17, 15) is 14.4 Å². The van der Waals surface area contributed by atoms with E-state index >= 15 is 0 Å². The van der Waals surface area contributed by atoms with Crippen LogP contribution >= 0.6 is 0 Å². The lowest BCUT2D eigenvalue weighted by atomic mass is 9.87. The topological polar surface area (TPSA) is 117 Å². The molecule has 9 heteroatoms. The SMILES string of the molecule is CCCc1noc(CCCC(=O)N2CCC3(CC2)NC(=O)NC3=O)n1. The number of aromatic nitrogens is 2. The Morgan fingerprint density at radius 1 is 1.28 bits per heavy atom. The van der Waals surface area contributed by atoms with E-state index < -0.39 is 11.6 Å². The molecular weight excluding hydrogens is 326 g/mol. The maximum absolute atomic E-state index is 12.3. The molecule has 0 atom stereocenters. The summed E-state index contributed by atoms with van der Waals surface area (Å²) in [5, 5.41) is 8.85. The average Bonchev–Trinajstić information content (AvgIpc) is 3.13. The van der Waals surface area contributed by atoms with Gasteiger partial charge in [0.25, 0.3) is 5.91 Å². The number of aryl methyl sites for hydroxylation is 2. The molecule has 4 amide bonds. The van der Waals surface area contributed by atoms with Crippen molar-refractivity contribution in [1.29, 1.82) is 0 Å². The van der Waals surface area contributed by atoms with E-state index in [1.165, 1.54) is 0 Å². The summed E-state index contributed by atoms with van der Waals surface area (Å²) < 4.78 is 5.16. The number of imide groups is 1. The largest absolute Gasteiger partial charge is 0.342 e. The minimum Gasteiger partial charge on any atom is -0.342 e. The van der Waals surface area contributed by atoms with Gasteiger partial charge in [0.05, 0.1) is 0 Å². The number of nitrogens with zero attached hydrogens (tertiary/aromatic N) is 3. The Labute approximate surface area is 145 Å². The number of rotatable bonds is 6. The Kier molecular flexibility index (Phi) is 5.00. The average molecular weight is 349 g/mol. The van der Waals surface area contributed by atoms with Crippen LogP contribution in [0.25, 0.3) is 0 Å². The summed E-state index contributed by atoms with van der Waals surface area (Å²) in [5.41, 5.74) is -0.840. The third-order valence-corrected chi connectivity index (χ3v) is 4.75. The zero-order valence-electron chi connectivity index (χ0n) is 14.3. The molecule has 1 aromatic rings. The molecule has 0 aromatic carbocycles. The zero-order chi connectivity index (χ0) is 17.9. The predicted octanol–water partition coefficient (Wildman–Crippen LogP) is 0.545. The number of piperidine rings is 1. The first-order valence-corrected chi connectivity index (χ1v) is 8.75. The van der Waals surface area contributed by atoms with Crippen LogP contribution in [0, 0.1) is 0 Å². The monoisotopic (exact) mass is 349 g/mol. The fourth-order valence-corrected chi connectivity index (χ4v) is 3.28. The smallest absolute Gasteiger partial charge is 0.322 e. The minimum absolute atomic E-state index is 0.0490. The Hall–Kier alpha value is -2.45. The van der Waals surface area contributed by atoms with Gasteiger partial charge in [0.1, 0.15) is 5.54 Å². The summed E-state index contributed by atoms with van der Waals surface area (Å²) >= 11 is 0. The lowest BCUT2D eigenvalue weighted by Crippen LogP contribution is -2.55. The van der Waals surface area contributed by atoms with Crippen molar-refractivity contribution in [3.63, 3.8) is 0 Å². The van der Waals surface area contributed by atoms with Gasteiger partial charge in [0.15, 0.2) is 5.82 Å². The first-order valence-electron chi connectivity index (χ1n) is 8.75. The summed E-state index contributed by atoms with van der Waals surface area (Å²) in [6, 6.07) is -0.452. The van der Waals surface area contributed by atoms with Crippen LogP contribution in [0.1, 0.15) is 50.7 Å². The Bertz CT molecular complexity index is 663. The molecule has 25 heavy (non-hydrogen) atoms. The van der Waals surface area contributed by atoms with Crippen molar-refractivity contribution in [1.82, 2.24) is 25.7 Å². The minimum atomic E-state index is -0.840. The second kappa shape index (κ2) is 7.20. The van der Waals surface area contributed by atoms with Crippen LogP contribution in [-0.2, 0) is 22.4 Å². The van der Waals surface area contributed by atoms with Gasteiger partial charge in [-0.25, -0.2) is 4.79 Å². The molecular formula is C16H23N5O4. The number of amides is 4. The molecule has 3 rings (SSSR count).